The monoisotopic (exact) mass is 589 g/mol. The number of carbonyl (C=O) groups is 3. The van der Waals surface area contributed by atoms with Gasteiger partial charge in [-0.05, 0) is 64.3 Å². The maximum absolute atomic E-state index is 13.9. The summed E-state index contributed by atoms with van der Waals surface area (Å²) in [6, 6.07) is 21.6. The fourth-order valence-electron chi connectivity index (χ4n) is 5.28. The van der Waals surface area contributed by atoms with Gasteiger partial charge in [-0.25, -0.2) is 0 Å². The van der Waals surface area contributed by atoms with Crippen molar-refractivity contribution in [3.63, 3.8) is 0 Å². The van der Waals surface area contributed by atoms with Gasteiger partial charge in [-0.2, -0.15) is 0 Å². The van der Waals surface area contributed by atoms with Crippen molar-refractivity contribution < 1.29 is 24.6 Å². The van der Waals surface area contributed by atoms with Gasteiger partial charge in [-0.15, -0.1) is 11.8 Å². The minimum absolute atomic E-state index is 0.0255. The number of nitrogens with zero attached hydrogens (tertiary/aromatic N) is 1. The maximum atomic E-state index is 13.9. The number of aromatic hydroxyl groups is 1. The molecule has 1 heterocycles. The van der Waals surface area contributed by atoms with Crippen molar-refractivity contribution >= 4 is 29.5 Å². The largest absolute Gasteiger partial charge is 0.508 e. The summed E-state index contributed by atoms with van der Waals surface area (Å²) in [6.07, 6.45) is -1.45. The van der Waals surface area contributed by atoms with E-state index in [0.29, 0.717) is 5.56 Å². The van der Waals surface area contributed by atoms with Crippen molar-refractivity contribution in [3.05, 3.63) is 101 Å². The third-order valence-electron chi connectivity index (χ3n) is 7.81. The second-order valence-electron chi connectivity index (χ2n) is 11.7. The molecule has 0 unspecified atom stereocenters. The van der Waals surface area contributed by atoms with E-state index in [9.17, 15) is 24.6 Å². The molecule has 0 aliphatic carbocycles. The summed E-state index contributed by atoms with van der Waals surface area (Å²) >= 11 is 1.46. The third-order valence-corrected chi connectivity index (χ3v) is 9.18. The Balaban J connectivity index is 1.59. The average Bonchev–Trinajstić information content (AvgIpc) is 3.29. The van der Waals surface area contributed by atoms with Gasteiger partial charge in [0.2, 0.25) is 5.91 Å². The molecule has 0 bridgehead atoms. The van der Waals surface area contributed by atoms with Crippen LogP contribution in [0.4, 0.5) is 0 Å². The summed E-state index contributed by atoms with van der Waals surface area (Å²) in [6.45, 7) is 9.26. The number of aliphatic hydroxyl groups excluding tert-OH is 1. The summed E-state index contributed by atoms with van der Waals surface area (Å²) in [7, 11) is 0. The van der Waals surface area contributed by atoms with Gasteiger partial charge in [0.1, 0.15) is 11.8 Å². The first-order valence-corrected chi connectivity index (χ1v) is 14.9. The molecule has 8 nitrogen and oxygen atoms in total. The van der Waals surface area contributed by atoms with Crippen LogP contribution in [0.5, 0.6) is 5.75 Å². The molecule has 42 heavy (non-hydrogen) atoms. The second-order valence-corrected chi connectivity index (χ2v) is 13.3. The molecule has 1 aliphatic rings. The second kappa shape index (κ2) is 12.6. The predicted molar refractivity (Wildman–Crippen MR) is 165 cm³/mol. The highest BCUT2D eigenvalue weighted by Crippen LogP contribution is 2.40. The Morgan fingerprint density at radius 1 is 1.00 bits per heavy atom. The van der Waals surface area contributed by atoms with Gasteiger partial charge in [-0.1, -0.05) is 66.7 Å². The van der Waals surface area contributed by atoms with Gasteiger partial charge in [-0.3, -0.25) is 14.4 Å². The summed E-state index contributed by atoms with van der Waals surface area (Å²) in [5.41, 5.74) is 1.68. The number of nitrogens with one attached hydrogen (secondary N) is 2. The van der Waals surface area contributed by atoms with E-state index in [1.54, 1.807) is 19.1 Å². The van der Waals surface area contributed by atoms with E-state index in [0.717, 1.165) is 11.1 Å². The number of rotatable bonds is 9. The van der Waals surface area contributed by atoms with Crippen molar-refractivity contribution in [2.45, 2.75) is 69.5 Å². The lowest BCUT2D eigenvalue weighted by molar-refractivity contribution is -0.147. The molecule has 1 fully saturated rings. The highest BCUT2D eigenvalue weighted by molar-refractivity contribution is 8.00. The van der Waals surface area contributed by atoms with Crippen LogP contribution < -0.4 is 10.6 Å². The summed E-state index contributed by atoms with van der Waals surface area (Å²) in [4.78, 5) is 42.5. The lowest BCUT2D eigenvalue weighted by Gasteiger charge is -2.36. The lowest BCUT2D eigenvalue weighted by atomic mass is 9.92. The van der Waals surface area contributed by atoms with Crippen LogP contribution in [0.3, 0.4) is 0 Å². The first-order valence-electron chi connectivity index (χ1n) is 14.0. The normalized spacial score (nSPS) is 17.8. The molecule has 0 aromatic heterocycles. The Labute approximate surface area is 251 Å². The van der Waals surface area contributed by atoms with Crippen LogP contribution in [0.25, 0.3) is 0 Å². The zero-order valence-corrected chi connectivity index (χ0v) is 25.4. The van der Waals surface area contributed by atoms with Crippen LogP contribution in [-0.2, 0) is 21.5 Å². The quantitative estimate of drug-likeness (QED) is 0.298. The molecule has 222 valence electrons. The van der Waals surface area contributed by atoms with Gasteiger partial charge >= 0.3 is 0 Å². The molecular formula is C33H39N3O5S. The van der Waals surface area contributed by atoms with Crippen LogP contribution >= 0.6 is 11.8 Å². The van der Waals surface area contributed by atoms with E-state index < -0.39 is 40.3 Å². The number of carbonyl (C=O) groups excluding carboxylic acids is 3. The highest BCUT2D eigenvalue weighted by atomic mass is 32.2. The Bertz CT molecular complexity index is 1430. The van der Waals surface area contributed by atoms with Crippen molar-refractivity contribution in [1.82, 2.24) is 15.5 Å². The minimum atomic E-state index is -1.63. The zero-order valence-electron chi connectivity index (χ0n) is 24.6. The maximum Gasteiger partial charge on any atom is 0.254 e. The number of thioether (sulfide) groups is 1. The minimum Gasteiger partial charge on any atom is -0.508 e. The van der Waals surface area contributed by atoms with E-state index in [-0.39, 0.29) is 29.5 Å². The number of phenolic OH excluding ortho intramolecular Hbond substituents is 1. The molecule has 3 aromatic rings. The molecule has 0 spiro atoms. The van der Waals surface area contributed by atoms with E-state index in [4.69, 9.17) is 0 Å². The number of hydrogen-bond acceptors (Lipinski definition) is 6. The smallest absolute Gasteiger partial charge is 0.254 e. The molecule has 3 atom stereocenters. The zero-order chi connectivity index (χ0) is 30.7. The van der Waals surface area contributed by atoms with E-state index in [1.807, 2.05) is 88.4 Å². The number of amides is 3. The molecule has 1 aliphatic heterocycles. The molecule has 9 heteroatoms. The molecule has 0 radical (unpaired) electrons. The number of benzene rings is 3. The average molecular weight is 590 g/mol. The first-order chi connectivity index (χ1) is 19.8. The van der Waals surface area contributed by atoms with Gasteiger partial charge < -0.3 is 25.7 Å². The summed E-state index contributed by atoms with van der Waals surface area (Å²) in [5.74, 6) is -1.29. The van der Waals surface area contributed by atoms with Crippen molar-refractivity contribution in [2.24, 2.45) is 0 Å². The van der Waals surface area contributed by atoms with E-state index >= 15 is 0 Å². The SMILES string of the molecule is Cc1c(O)cccc1C(=O)N[C@@H](Cc1ccccc1)[C@H](O)C(=O)N1CSC(C)(C)[C@H]1C(=O)NC(C)(C)c1ccccc1. The Morgan fingerprint density at radius 3 is 2.26 bits per heavy atom. The lowest BCUT2D eigenvalue weighted by Crippen LogP contribution is -2.60. The van der Waals surface area contributed by atoms with Gasteiger partial charge in [0.05, 0.1) is 17.5 Å². The molecular weight excluding hydrogens is 550 g/mol. The van der Waals surface area contributed by atoms with Crippen molar-refractivity contribution in [1.29, 1.82) is 0 Å². The molecule has 3 aromatic carbocycles. The Hall–Kier alpha value is -3.82. The van der Waals surface area contributed by atoms with Gasteiger partial charge in [0.15, 0.2) is 6.10 Å². The van der Waals surface area contributed by atoms with Gasteiger partial charge in [0.25, 0.3) is 11.8 Å². The first kappa shape index (κ1) is 31.1. The number of phenols is 1. The van der Waals surface area contributed by atoms with Crippen LogP contribution in [0, 0.1) is 6.92 Å². The molecule has 1 saturated heterocycles. The number of hydrogen-bond donors (Lipinski definition) is 4. The standard InChI is InChI=1S/C33H39N3O5S/c1-21-24(17-12-18-26(21)37)29(39)34-25(19-22-13-8-6-9-14-22)27(38)31(41)36-20-42-33(4,5)28(36)30(40)35-32(2,3)23-15-10-7-11-16-23/h6-18,25,27-28,37-38H,19-20H2,1-5H3,(H,34,39)(H,35,40)/t25-,27-,28+/m0/s1. The number of aliphatic hydroxyl groups is 1. The fraction of sp³-hybridized carbons (Fsp3) is 0.364. The summed E-state index contributed by atoms with van der Waals surface area (Å²) in [5, 5.41) is 27.5. The Kier molecular flexibility index (Phi) is 9.33. The molecule has 4 rings (SSSR count). The van der Waals surface area contributed by atoms with Crippen LogP contribution in [-0.4, -0.2) is 61.6 Å². The topological polar surface area (TPSA) is 119 Å². The van der Waals surface area contributed by atoms with E-state index in [1.165, 1.54) is 22.7 Å². The van der Waals surface area contributed by atoms with Crippen LogP contribution in [0.1, 0.15) is 54.7 Å². The molecule has 0 saturated carbocycles. The molecule has 4 N–H and O–H groups in total. The molecule has 3 amide bonds. The summed E-state index contributed by atoms with van der Waals surface area (Å²) < 4.78 is -0.622. The van der Waals surface area contributed by atoms with Crippen LogP contribution in [0.2, 0.25) is 0 Å². The van der Waals surface area contributed by atoms with Crippen molar-refractivity contribution in [3.8, 4) is 5.75 Å². The fourth-order valence-corrected chi connectivity index (χ4v) is 6.42. The van der Waals surface area contributed by atoms with Crippen molar-refractivity contribution in [2.75, 3.05) is 5.88 Å². The predicted octanol–water partition coefficient (Wildman–Crippen LogP) is 4.13. The van der Waals surface area contributed by atoms with Gasteiger partial charge in [0, 0.05) is 15.9 Å². The third kappa shape index (κ3) is 6.79. The highest BCUT2D eigenvalue weighted by Gasteiger charge is 2.50. The van der Waals surface area contributed by atoms with E-state index in [2.05, 4.69) is 10.6 Å². The van der Waals surface area contributed by atoms with Crippen LogP contribution in [0.15, 0.2) is 78.9 Å². The Morgan fingerprint density at radius 2 is 1.62 bits per heavy atom.